The van der Waals surface area contributed by atoms with E-state index in [1.54, 1.807) is 0 Å². The van der Waals surface area contributed by atoms with Crippen LogP contribution >= 0.6 is 0 Å². The van der Waals surface area contributed by atoms with E-state index in [2.05, 4.69) is 20.8 Å². The second-order valence-corrected chi connectivity index (χ2v) is 5.42. The zero-order valence-electron chi connectivity index (χ0n) is 20.7. The fourth-order valence-corrected chi connectivity index (χ4v) is 1.75. The molecule has 4 rings (SSSR count). The van der Waals surface area contributed by atoms with Gasteiger partial charge in [-0.15, -0.1) is 36.4 Å². The van der Waals surface area contributed by atoms with Crippen LogP contribution < -0.4 is 0 Å². The predicted octanol–water partition coefficient (Wildman–Crippen LogP) is 9.26. The molecule has 0 saturated carbocycles. The molecule has 0 fully saturated rings. The Balaban J connectivity index is -0.0000000666. The Morgan fingerprint density at radius 3 is 0.688 bits per heavy atom. The van der Waals surface area contributed by atoms with Gasteiger partial charge in [0, 0.05) is 21.7 Å². The van der Waals surface area contributed by atoms with E-state index in [-0.39, 0.29) is 58.9 Å². The second kappa shape index (κ2) is 30.5. The van der Waals surface area contributed by atoms with Gasteiger partial charge in [-0.2, -0.15) is 92.1 Å². The minimum atomic E-state index is 0. The van der Waals surface area contributed by atoms with Crippen molar-refractivity contribution in [3.63, 3.8) is 0 Å². The quantitative estimate of drug-likeness (QED) is 0.181. The van der Waals surface area contributed by atoms with E-state index in [1.165, 1.54) is 0 Å². The summed E-state index contributed by atoms with van der Waals surface area (Å²) in [5.41, 5.74) is 3.22. The van der Waals surface area contributed by atoms with E-state index in [0.717, 1.165) is 16.7 Å². The predicted molar refractivity (Wildman–Crippen MR) is 147 cm³/mol. The van der Waals surface area contributed by atoms with Gasteiger partial charge >= 0.3 is 0 Å². The molecular formula is C31H41Ti-9. The molecular weight excluding hydrogens is 420 g/mol. The Bertz CT molecular complexity index is 639. The summed E-state index contributed by atoms with van der Waals surface area (Å²) in [6.45, 7) is 11.2. The van der Waals surface area contributed by atoms with Crippen molar-refractivity contribution in [3.05, 3.63) is 196 Å². The Hall–Kier alpha value is -2.67. The molecule has 0 heterocycles. The van der Waals surface area contributed by atoms with E-state index in [0.29, 0.717) is 0 Å². The molecule has 0 amide bonds. The summed E-state index contributed by atoms with van der Waals surface area (Å²) < 4.78 is 0. The number of benzene rings is 3. The van der Waals surface area contributed by atoms with E-state index in [4.69, 9.17) is 0 Å². The number of rotatable bonds is 0. The monoisotopic (exact) mass is 461 g/mol. The van der Waals surface area contributed by atoms with Gasteiger partial charge in [0.2, 0.25) is 0 Å². The molecule has 0 N–H and O–H groups in total. The molecule has 0 spiro atoms. The van der Waals surface area contributed by atoms with Crippen molar-refractivity contribution in [2.24, 2.45) is 0 Å². The van der Waals surface area contributed by atoms with Crippen LogP contribution in [-0.2, 0) is 21.7 Å². The van der Waals surface area contributed by atoms with Crippen molar-refractivity contribution in [1.82, 2.24) is 0 Å². The third-order valence-corrected chi connectivity index (χ3v) is 3.08. The van der Waals surface area contributed by atoms with Gasteiger partial charge < -0.3 is 37.1 Å². The standard InChI is InChI=1S/3C7H7.C5H5.5CH3.Ti/c3*1-7-5-3-2-4-6-7;1-2-4-5-3-1;;;;;;/h3*2-6H,1H2;1-5H;5*1H3;/q9*-1;. The van der Waals surface area contributed by atoms with Crippen molar-refractivity contribution < 1.29 is 21.7 Å². The van der Waals surface area contributed by atoms with E-state index >= 15 is 0 Å². The van der Waals surface area contributed by atoms with E-state index in [9.17, 15) is 0 Å². The summed E-state index contributed by atoms with van der Waals surface area (Å²) in [6, 6.07) is 39.6. The van der Waals surface area contributed by atoms with Gasteiger partial charge in [-0.25, -0.2) is 12.1 Å². The zero-order chi connectivity index (χ0) is 18.9. The van der Waals surface area contributed by atoms with E-state index < -0.39 is 0 Å². The molecule has 0 saturated heterocycles. The molecule has 0 atom stereocenters. The molecule has 0 aliphatic heterocycles. The van der Waals surface area contributed by atoms with Gasteiger partial charge in [-0.05, 0) is 0 Å². The SMILES string of the molecule is [CH2-]c1ccccc1.[CH2-]c1ccccc1.[CH2-]c1ccccc1.[CH3-].[CH3-].[CH3-].[CH3-].[CH3-].[Ti].c1cc[cH-]c1. The molecule has 4 aromatic rings. The average Bonchev–Trinajstić information content (AvgIpc) is 3.25. The first-order valence-electron chi connectivity index (χ1n) is 8.46. The van der Waals surface area contributed by atoms with Crippen molar-refractivity contribution in [2.45, 2.75) is 0 Å². The van der Waals surface area contributed by atoms with Crippen LogP contribution in [0.25, 0.3) is 0 Å². The fourth-order valence-electron chi connectivity index (χ4n) is 1.75. The molecule has 0 aliphatic rings. The summed E-state index contributed by atoms with van der Waals surface area (Å²) in [7, 11) is 0. The van der Waals surface area contributed by atoms with Crippen LogP contribution in [-0.4, -0.2) is 0 Å². The molecule has 0 aromatic heterocycles. The molecule has 0 radical (unpaired) electrons. The van der Waals surface area contributed by atoms with Gasteiger partial charge in [0.15, 0.2) is 0 Å². The van der Waals surface area contributed by atoms with E-state index in [1.807, 2.05) is 121 Å². The van der Waals surface area contributed by atoms with Crippen molar-refractivity contribution in [3.8, 4) is 0 Å². The van der Waals surface area contributed by atoms with Crippen LogP contribution in [0.4, 0.5) is 0 Å². The summed E-state index contributed by atoms with van der Waals surface area (Å²) in [5, 5.41) is 0. The molecule has 0 nitrogen and oxygen atoms in total. The summed E-state index contributed by atoms with van der Waals surface area (Å²) in [6.07, 6.45) is 0. The molecule has 0 bridgehead atoms. The van der Waals surface area contributed by atoms with Crippen LogP contribution in [0.5, 0.6) is 0 Å². The van der Waals surface area contributed by atoms with Crippen LogP contribution in [0.2, 0.25) is 0 Å². The van der Waals surface area contributed by atoms with Crippen LogP contribution in [0.15, 0.2) is 121 Å². The largest absolute Gasteiger partial charge is 0.358 e. The van der Waals surface area contributed by atoms with Crippen molar-refractivity contribution in [1.29, 1.82) is 0 Å². The third kappa shape index (κ3) is 27.3. The second-order valence-electron chi connectivity index (χ2n) is 5.42. The molecule has 178 valence electrons. The van der Waals surface area contributed by atoms with Crippen LogP contribution in [0.3, 0.4) is 0 Å². The summed E-state index contributed by atoms with van der Waals surface area (Å²) in [5.74, 6) is 0. The Morgan fingerprint density at radius 1 is 0.375 bits per heavy atom. The topological polar surface area (TPSA) is 0 Å². The molecule has 4 aromatic carbocycles. The molecule has 0 unspecified atom stereocenters. The first kappa shape index (κ1) is 43.3. The first-order chi connectivity index (χ1) is 12.7. The smallest absolute Gasteiger partial charge is 0 e. The maximum absolute atomic E-state index is 3.72. The summed E-state index contributed by atoms with van der Waals surface area (Å²) in [4.78, 5) is 0. The minimum Gasteiger partial charge on any atom is -0.358 e. The van der Waals surface area contributed by atoms with Crippen LogP contribution in [0.1, 0.15) is 16.7 Å². The maximum Gasteiger partial charge on any atom is 0 e. The van der Waals surface area contributed by atoms with Gasteiger partial charge in [0.05, 0.1) is 0 Å². The molecule has 32 heavy (non-hydrogen) atoms. The third-order valence-electron chi connectivity index (χ3n) is 3.08. The van der Waals surface area contributed by atoms with Crippen LogP contribution in [0, 0.1) is 57.9 Å². The average molecular weight is 462 g/mol. The minimum absolute atomic E-state index is 0. The Morgan fingerprint density at radius 2 is 0.594 bits per heavy atom. The fraction of sp³-hybridized carbons (Fsp3) is 0. The molecule has 1 heteroatoms. The zero-order valence-corrected chi connectivity index (χ0v) is 22.2. The van der Waals surface area contributed by atoms with Crippen molar-refractivity contribution in [2.75, 3.05) is 0 Å². The summed E-state index contributed by atoms with van der Waals surface area (Å²) >= 11 is 0. The normalized spacial score (nSPS) is 6.88. The van der Waals surface area contributed by atoms with Gasteiger partial charge in [-0.3, -0.25) is 0 Å². The van der Waals surface area contributed by atoms with Crippen molar-refractivity contribution >= 4 is 0 Å². The maximum atomic E-state index is 3.72. The van der Waals surface area contributed by atoms with Gasteiger partial charge in [0.1, 0.15) is 0 Å². The van der Waals surface area contributed by atoms with Gasteiger partial charge in [0.25, 0.3) is 0 Å². The molecule has 0 aliphatic carbocycles. The van der Waals surface area contributed by atoms with Gasteiger partial charge in [-0.1, -0.05) is 18.2 Å². The number of hydrogen-bond acceptors (Lipinski definition) is 0. The first-order valence-corrected chi connectivity index (χ1v) is 8.46. The Labute approximate surface area is 217 Å². The Kier molecular flexibility index (Phi) is 41.3. The number of hydrogen-bond donors (Lipinski definition) is 0.